The number of hydrogen-bond acceptors (Lipinski definition) is 5. The summed E-state index contributed by atoms with van der Waals surface area (Å²) in [4.78, 5) is 23.8. The number of likely N-dealkylation sites (tertiary alicyclic amines) is 1. The number of rotatable bonds is 5. The second-order valence-electron chi connectivity index (χ2n) is 7.91. The smallest absolute Gasteiger partial charge is 0.256 e. The van der Waals surface area contributed by atoms with Crippen LogP contribution in [0.3, 0.4) is 0 Å². The van der Waals surface area contributed by atoms with Crippen LogP contribution in [0.4, 0.5) is 0 Å². The van der Waals surface area contributed by atoms with Crippen molar-refractivity contribution in [2.75, 3.05) is 13.1 Å². The van der Waals surface area contributed by atoms with Crippen molar-refractivity contribution in [1.82, 2.24) is 19.4 Å². The van der Waals surface area contributed by atoms with Gasteiger partial charge in [-0.25, -0.2) is 9.97 Å². The highest BCUT2D eigenvalue weighted by molar-refractivity contribution is 7.09. The maximum atomic E-state index is 12.2. The summed E-state index contributed by atoms with van der Waals surface area (Å²) in [5, 5.41) is 3.62. The van der Waals surface area contributed by atoms with Crippen molar-refractivity contribution >= 4 is 11.3 Å². The van der Waals surface area contributed by atoms with Crippen LogP contribution in [-0.4, -0.2) is 32.5 Å². The maximum Gasteiger partial charge on any atom is 0.256 e. The van der Waals surface area contributed by atoms with Gasteiger partial charge in [-0.2, -0.15) is 0 Å². The van der Waals surface area contributed by atoms with E-state index in [1.807, 2.05) is 18.3 Å². The highest BCUT2D eigenvalue weighted by atomic mass is 32.1. The fraction of sp³-hybridized carbons (Fsp3) is 0.650. The van der Waals surface area contributed by atoms with Crippen LogP contribution < -0.4 is 5.56 Å². The summed E-state index contributed by atoms with van der Waals surface area (Å²) in [6.07, 6.45) is 11.0. The van der Waals surface area contributed by atoms with Gasteiger partial charge in [0.25, 0.3) is 5.56 Å². The van der Waals surface area contributed by atoms with Gasteiger partial charge in [-0.15, -0.1) is 11.3 Å². The first-order chi connectivity index (χ1) is 12.7. The van der Waals surface area contributed by atoms with Crippen LogP contribution in [0.1, 0.15) is 60.7 Å². The summed E-state index contributed by atoms with van der Waals surface area (Å²) >= 11 is 1.86. The Morgan fingerprint density at radius 3 is 2.73 bits per heavy atom. The fourth-order valence-corrected chi connectivity index (χ4v) is 5.26. The van der Waals surface area contributed by atoms with Gasteiger partial charge < -0.3 is 0 Å². The Balaban J connectivity index is 1.28. The number of piperidine rings is 1. The molecular formula is C20H28N4OS. The van der Waals surface area contributed by atoms with Crippen molar-refractivity contribution in [1.29, 1.82) is 0 Å². The normalized spacial score (nSPS) is 20.0. The molecule has 0 unspecified atom stereocenters. The first kappa shape index (κ1) is 17.9. The molecule has 2 aromatic heterocycles. The third-order valence-corrected chi connectivity index (χ3v) is 6.95. The van der Waals surface area contributed by atoms with E-state index in [-0.39, 0.29) is 5.56 Å². The molecule has 1 saturated heterocycles. The van der Waals surface area contributed by atoms with E-state index in [9.17, 15) is 4.79 Å². The van der Waals surface area contributed by atoms with Crippen molar-refractivity contribution in [3.05, 3.63) is 44.5 Å². The van der Waals surface area contributed by atoms with Gasteiger partial charge in [-0.05, 0) is 51.6 Å². The van der Waals surface area contributed by atoms with E-state index in [2.05, 4.69) is 15.3 Å². The Bertz CT molecular complexity index is 785. The Hall–Kier alpha value is -1.53. The molecule has 0 radical (unpaired) electrons. The van der Waals surface area contributed by atoms with Gasteiger partial charge in [0.1, 0.15) is 0 Å². The summed E-state index contributed by atoms with van der Waals surface area (Å²) < 4.78 is 1.78. The van der Waals surface area contributed by atoms with Crippen LogP contribution >= 0.6 is 11.3 Å². The standard InChI is InChI=1S/C20H28N4OS/c1-15-10-21-14-24(20(15)25)11-16-6-8-23(9-7-16)12-18-13-26-19(22-18)17-4-2-3-5-17/h10,13-14,16-17H,2-9,11-12H2,1H3. The lowest BCUT2D eigenvalue weighted by molar-refractivity contribution is 0.165. The molecule has 1 aliphatic heterocycles. The van der Waals surface area contributed by atoms with Crippen LogP contribution in [0.5, 0.6) is 0 Å². The molecule has 6 heteroatoms. The molecule has 2 aromatic rings. The van der Waals surface area contributed by atoms with Crippen molar-refractivity contribution in [2.24, 2.45) is 5.92 Å². The van der Waals surface area contributed by atoms with Crippen molar-refractivity contribution in [2.45, 2.75) is 64.5 Å². The molecule has 1 saturated carbocycles. The average Bonchev–Trinajstić information content (AvgIpc) is 3.32. The van der Waals surface area contributed by atoms with Gasteiger partial charge in [-0.3, -0.25) is 14.3 Å². The third kappa shape index (κ3) is 4.07. The molecule has 0 aromatic carbocycles. The lowest BCUT2D eigenvalue weighted by Crippen LogP contribution is -2.36. The van der Waals surface area contributed by atoms with Crippen molar-refractivity contribution < 1.29 is 0 Å². The van der Waals surface area contributed by atoms with Gasteiger partial charge in [-0.1, -0.05) is 12.8 Å². The quantitative estimate of drug-likeness (QED) is 0.805. The number of thiazole rings is 1. The van der Waals surface area contributed by atoms with Gasteiger partial charge in [0.15, 0.2) is 0 Å². The molecular weight excluding hydrogens is 344 g/mol. The van der Waals surface area contributed by atoms with E-state index in [0.717, 1.165) is 50.5 Å². The van der Waals surface area contributed by atoms with Crippen LogP contribution in [0.15, 0.2) is 22.7 Å². The number of aryl methyl sites for hydroxylation is 1. The van der Waals surface area contributed by atoms with Crippen LogP contribution in [0.2, 0.25) is 0 Å². The summed E-state index contributed by atoms with van der Waals surface area (Å²) in [6.45, 7) is 5.79. The molecule has 0 amide bonds. The molecule has 4 rings (SSSR count). The number of hydrogen-bond donors (Lipinski definition) is 0. The van der Waals surface area contributed by atoms with E-state index in [1.165, 1.54) is 36.4 Å². The molecule has 140 valence electrons. The lowest BCUT2D eigenvalue weighted by atomic mass is 9.96. The first-order valence-electron chi connectivity index (χ1n) is 9.87. The van der Waals surface area contributed by atoms with Gasteiger partial charge >= 0.3 is 0 Å². The van der Waals surface area contributed by atoms with E-state index in [1.54, 1.807) is 17.1 Å². The predicted octanol–water partition coefficient (Wildman–Crippen LogP) is 3.58. The van der Waals surface area contributed by atoms with E-state index in [0.29, 0.717) is 5.92 Å². The second-order valence-corrected chi connectivity index (χ2v) is 8.80. The lowest BCUT2D eigenvalue weighted by Gasteiger charge is -2.31. The molecule has 2 fully saturated rings. The fourth-order valence-electron chi connectivity index (χ4n) is 4.28. The SMILES string of the molecule is Cc1cncn(CC2CCN(Cc3csc(C4CCCC4)n3)CC2)c1=O. The van der Waals surface area contributed by atoms with E-state index >= 15 is 0 Å². The molecule has 1 aliphatic carbocycles. The zero-order valence-corrected chi connectivity index (χ0v) is 16.4. The molecule has 0 bridgehead atoms. The topological polar surface area (TPSA) is 51.0 Å². The molecule has 3 heterocycles. The Kier molecular flexibility index (Phi) is 5.50. The molecule has 26 heavy (non-hydrogen) atoms. The monoisotopic (exact) mass is 372 g/mol. The van der Waals surface area contributed by atoms with Crippen LogP contribution in [0, 0.1) is 12.8 Å². The third-order valence-electron chi connectivity index (χ3n) is 5.89. The van der Waals surface area contributed by atoms with Crippen molar-refractivity contribution in [3.63, 3.8) is 0 Å². The minimum Gasteiger partial charge on any atom is -0.299 e. The largest absolute Gasteiger partial charge is 0.299 e. The van der Waals surface area contributed by atoms with E-state index in [4.69, 9.17) is 4.98 Å². The summed E-state index contributed by atoms with van der Waals surface area (Å²) in [6, 6.07) is 0. The molecule has 0 atom stereocenters. The summed E-state index contributed by atoms with van der Waals surface area (Å²) in [5.74, 6) is 1.29. The summed E-state index contributed by atoms with van der Waals surface area (Å²) in [7, 11) is 0. The van der Waals surface area contributed by atoms with Gasteiger partial charge in [0, 0.05) is 36.1 Å². The predicted molar refractivity (Wildman–Crippen MR) is 105 cm³/mol. The maximum absolute atomic E-state index is 12.2. The highest BCUT2D eigenvalue weighted by Crippen LogP contribution is 2.35. The van der Waals surface area contributed by atoms with Crippen LogP contribution in [0.25, 0.3) is 0 Å². The number of aromatic nitrogens is 3. The van der Waals surface area contributed by atoms with Gasteiger partial charge in [0.2, 0.25) is 0 Å². The first-order valence-corrected chi connectivity index (χ1v) is 10.7. The molecule has 0 spiro atoms. The van der Waals surface area contributed by atoms with Crippen LogP contribution in [-0.2, 0) is 13.1 Å². The Morgan fingerprint density at radius 2 is 1.96 bits per heavy atom. The van der Waals surface area contributed by atoms with Crippen molar-refractivity contribution in [3.8, 4) is 0 Å². The molecule has 5 nitrogen and oxygen atoms in total. The Morgan fingerprint density at radius 1 is 1.19 bits per heavy atom. The van der Waals surface area contributed by atoms with Gasteiger partial charge in [0.05, 0.1) is 17.0 Å². The molecule has 2 aliphatic rings. The molecule has 0 N–H and O–H groups in total. The minimum absolute atomic E-state index is 0.101. The zero-order chi connectivity index (χ0) is 17.9. The zero-order valence-electron chi connectivity index (χ0n) is 15.6. The highest BCUT2D eigenvalue weighted by Gasteiger charge is 2.23. The Labute approximate surface area is 159 Å². The van der Waals surface area contributed by atoms with E-state index < -0.39 is 0 Å². The average molecular weight is 373 g/mol. The minimum atomic E-state index is 0.101. The number of nitrogens with zero attached hydrogens (tertiary/aromatic N) is 4. The summed E-state index contributed by atoms with van der Waals surface area (Å²) in [5.41, 5.74) is 2.07. The second kappa shape index (κ2) is 8.01.